The first-order valence-corrected chi connectivity index (χ1v) is 7.33. The predicted molar refractivity (Wildman–Crippen MR) is 88.4 cm³/mol. The van der Waals surface area contributed by atoms with Gasteiger partial charge in [0.05, 0.1) is 18.0 Å². The Morgan fingerprint density at radius 3 is 2.68 bits per heavy atom. The Hall–Kier alpha value is -2.81. The third-order valence-corrected chi connectivity index (χ3v) is 4.11. The normalized spacial score (nSPS) is 11.2. The number of hydrogen-bond donors (Lipinski definition) is 0. The van der Waals surface area contributed by atoms with E-state index in [0.29, 0.717) is 0 Å². The van der Waals surface area contributed by atoms with Crippen molar-refractivity contribution in [3.05, 3.63) is 66.6 Å². The number of aromatic nitrogens is 3. The zero-order chi connectivity index (χ0) is 15.1. The van der Waals surface area contributed by atoms with Crippen LogP contribution in [0.1, 0.15) is 5.56 Å². The van der Waals surface area contributed by atoms with Gasteiger partial charge in [-0.25, -0.2) is 4.57 Å². The molecule has 0 N–H and O–H groups in total. The summed E-state index contributed by atoms with van der Waals surface area (Å²) in [6.45, 7) is 2.12. The van der Waals surface area contributed by atoms with Gasteiger partial charge in [0, 0.05) is 23.2 Å². The summed E-state index contributed by atoms with van der Waals surface area (Å²) in [7, 11) is 2.05. The van der Waals surface area contributed by atoms with Crippen LogP contribution in [0.3, 0.4) is 0 Å². The lowest BCUT2D eigenvalue weighted by Gasteiger charge is -2.05. The second kappa shape index (κ2) is 4.88. The van der Waals surface area contributed by atoms with E-state index >= 15 is 0 Å². The van der Waals surface area contributed by atoms with Gasteiger partial charge >= 0.3 is 5.82 Å². The molecule has 0 fully saturated rings. The van der Waals surface area contributed by atoms with Gasteiger partial charge in [0.15, 0.2) is 5.52 Å². The average molecular weight is 286 g/mol. The molecule has 0 spiro atoms. The summed E-state index contributed by atoms with van der Waals surface area (Å²) < 4.78 is 2.10. The Bertz CT molecular complexity index is 1010. The molecule has 0 saturated heterocycles. The van der Waals surface area contributed by atoms with Crippen LogP contribution in [-0.2, 0) is 7.05 Å². The molecule has 2 heterocycles. The second-order valence-corrected chi connectivity index (χ2v) is 5.59. The van der Waals surface area contributed by atoms with Crippen LogP contribution >= 0.6 is 0 Å². The van der Waals surface area contributed by atoms with Gasteiger partial charge in [0.25, 0.3) is 0 Å². The number of nitrogens with zero attached hydrogens (tertiary/aromatic N) is 3. The van der Waals surface area contributed by atoms with Crippen LogP contribution in [0.4, 0.5) is 0 Å². The van der Waals surface area contributed by atoms with Gasteiger partial charge in [0.1, 0.15) is 6.20 Å². The molecule has 0 aliphatic heterocycles. The average Bonchev–Trinajstić information content (AvgIpc) is 2.55. The van der Waals surface area contributed by atoms with Crippen molar-refractivity contribution in [2.45, 2.75) is 6.92 Å². The second-order valence-electron chi connectivity index (χ2n) is 5.59. The van der Waals surface area contributed by atoms with E-state index in [4.69, 9.17) is 4.98 Å². The maximum Gasteiger partial charge on any atom is 0.331 e. The van der Waals surface area contributed by atoms with Crippen molar-refractivity contribution in [1.82, 2.24) is 9.97 Å². The maximum atomic E-state index is 4.90. The third kappa shape index (κ3) is 1.94. The maximum absolute atomic E-state index is 4.90. The quantitative estimate of drug-likeness (QED) is 0.395. The van der Waals surface area contributed by atoms with Gasteiger partial charge in [-0.2, -0.15) is 0 Å². The largest absolute Gasteiger partial charge is 0.331 e. The van der Waals surface area contributed by atoms with E-state index in [-0.39, 0.29) is 0 Å². The molecular weight excluding hydrogens is 270 g/mol. The number of hydrogen-bond acceptors (Lipinski definition) is 2. The molecule has 2 aromatic heterocycles. The highest BCUT2D eigenvalue weighted by atomic mass is 15.0. The van der Waals surface area contributed by atoms with E-state index in [9.17, 15) is 0 Å². The monoisotopic (exact) mass is 286 g/mol. The van der Waals surface area contributed by atoms with Crippen molar-refractivity contribution in [3.63, 3.8) is 0 Å². The fourth-order valence-corrected chi connectivity index (χ4v) is 2.94. The summed E-state index contributed by atoms with van der Waals surface area (Å²) in [6, 6.07) is 14.6. The highest BCUT2D eigenvalue weighted by molar-refractivity contribution is 6.05. The van der Waals surface area contributed by atoms with Crippen molar-refractivity contribution >= 4 is 21.7 Å². The number of aryl methyl sites for hydroxylation is 2. The third-order valence-electron chi connectivity index (χ3n) is 4.11. The first-order chi connectivity index (χ1) is 10.7. The molecule has 3 heteroatoms. The van der Waals surface area contributed by atoms with E-state index in [2.05, 4.69) is 59.1 Å². The summed E-state index contributed by atoms with van der Waals surface area (Å²) in [4.78, 5) is 9.09. The SMILES string of the molecule is Cc1ccccc1-c1nc2ccc3cnccc3c2c[n+]1C. The molecule has 2 aromatic carbocycles. The van der Waals surface area contributed by atoms with Crippen molar-refractivity contribution in [2.75, 3.05) is 0 Å². The number of rotatable bonds is 1. The van der Waals surface area contributed by atoms with Crippen molar-refractivity contribution < 1.29 is 4.57 Å². The molecule has 0 saturated carbocycles. The molecule has 4 rings (SSSR count). The lowest BCUT2D eigenvalue weighted by atomic mass is 10.1. The first-order valence-electron chi connectivity index (χ1n) is 7.33. The van der Waals surface area contributed by atoms with Gasteiger partial charge in [0.2, 0.25) is 0 Å². The van der Waals surface area contributed by atoms with Crippen LogP contribution in [0.5, 0.6) is 0 Å². The molecule has 0 atom stereocenters. The summed E-state index contributed by atoms with van der Waals surface area (Å²) in [5, 5.41) is 3.48. The summed E-state index contributed by atoms with van der Waals surface area (Å²) in [6.07, 6.45) is 5.88. The first kappa shape index (κ1) is 12.9. The van der Waals surface area contributed by atoms with E-state index in [1.54, 1.807) is 0 Å². The fourth-order valence-electron chi connectivity index (χ4n) is 2.94. The topological polar surface area (TPSA) is 29.7 Å². The van der Waals surface area contributed by atoms with Gasteiger partial charge in [-0.15, -0.1) is 0 Å². The smallest absolute Gasteiger partial charge is 0.264 e. The Labute approximate surface area is 128 Å². The number of pyridine rings is 1. The van der Waals surface area contributed by atoms with Crippen molar-refractivity contribution in [3.8, 4) is 11.4 Å². The Kier molecular flexibility index (Phi) is 2.86. The molecule has 0 bridgehead atoms. The molecule has 4 aromatic rings. The van der Waals surface area contributed by atoms with Crippen LogP contribution in [0.25, 0.3) is 33.1 Å². The summed E-state index contributed by atoms with van der Waals surface area (Å²) >= 11 is 0. The molecule has 0 aliphatic carbocycles. The van der Waals surface area contributed by atoms with E-state index in [1.165, 1.54) is 16.5 Å². The Balaban J connectivity index is 2.06. The van der Waals surface area contributed by atoms with Crippen LogP contribution in [0, 0.1) is 6.92 Å². The van der Waals surface area contributed by atoms with Crippen molar-refractivity contribution in [1.29, 1.82) is 0 Å². The van der Waals surface area contributed by atoms with Crippen LogP contribution in [0.2, 0.25) is 0 Å². The van der Waals surface area contributed by atoms with Gasteiger partial charge in [-0.3, -0.25) is 4.98 Å². The minimum atomic E-state index is 0.985. The van der Waals surface area contributed by atoms with E-state index < -0.39 is 0 Å². The van der Waals surface area contributed by atoms with Crippen molar-refractivity contribution in [2.24, 2.45) is 7.05 Å². The molecule has 3 nitrogen and oxygen atoms in total. The minimum absolute atomic E-state index is 0.985. The summed E-state index contributed by atoms with van der Waals surface area (Å²) in [5.41, 5.74) is 3.41. The standard InChI is InChI=1S/C19H16N3/c1-13-5-3-4-6-15(13)19-21-18-8-7-14-11-20-10-9-16(14)17(18)12-22(19)2/h3-12H,1-2H3/q+1. The lowest BCUT2D eigenvalue weighted by molar-refractivity contribution is -0.661. The van der Waals surface area contributed by atoms with E-state index in [0.717, 1.165) is 22.1 Å². The lowest BCUT2D eigenvalue weighted by Crippen LogP contribution is -2.32. The molecule has 0 unspecified atom stereocenters. The Morgan fingerprint density at radius 2 is 1.82 bits per heavy atom. The molecule has 106 valence electrons. The summed E-state index contributed by atoms with van der Waals surface area (Å²) in [5.74, 6) is 0.985. The van der Waals surface area contributed by atoms with E-state index in [1.807, 2.05) is 25.5 Å². The van der Waals surface area contributed by atoms with Crippen LogP contribution in [-0.4, -0.2) is 9.97 Å². The van der Waals surface area contributed by atoms with Crippen LogP contribution in [0.15, 0.2) is 61.1 Å². The van der Waals surface area contributed by atoms with Gasteiger partial charge in [-0.05, 0) is 41.7 Å². The van der Waals surface area contributed by atoms with Gasteiger partial charge in [-0.1, -0.05) is 18.2 Å². The van der Waals surface area contributed by atoms with Crippen LogP contribution < -0.4 is 4.57 Å². The zero-order valence-corrected chi connectivity index (χ0v) is 12.6. The highest BCUT2D eigenvalue weighted by Gasteiger charge is 2.17. The fraction of sp³-hybridized carbons (Fsp3) is 0.105. The Morgan fingerprint density at radius 1 is 0.955 bits per heavy atom. The minimum Gasteiger partial charge on any atom is -0.264 e. The highest BCUT2D eigenvalue weighted by Crippen LogP contribution is 2.25. The molecule has 0 amide bonds. The molecular formula is C19H16N3+. The zero-order valence-electron chi connectivity index (χ0n) is 12.6. The number of benzene rings is 2. The molecule has 22 heavy (non-hydrogen) atoms. The molecule has 0 radical (unpaired) electrons. The molecule has 0 aliphatic rings. The number of fused-ring (bicyclic) bond motifs is 3. The van der Waals surface area contributed by atoms with Gasteiger partial charge < -0.3 is 0 Å². The predicted octanol–water partition coefficient (Wildman–Crippen LogP) is 3.58.